The van der Waals surface area contributed by atoms with Gasteiger partial charge in [-0.05, 0) is 29.8 Å². The molecule has 0 saturated carbocycles. The van der Waals surface area contributed by atoms with Crippen molar-refractivity contribution < 1.29 is 31.2 Å². The Morgan fingerprint density at radius 1 is 0.976 bits per heavy atom. The second-order valence-corrected chi connectivity index (χ2v) is 11.1. The number of fused-ring (bicyclic) bond motifs is 1. The minimum absolute atomic E-state index is 0.00697. The van der Waals surface area contributed by atoms with Crippen molar-refractivity contribution in [3.8, 4) is 0 Å². The molecule has 12 nitrogen and oxygen atoms in total. The highest BCUT2D eigenvalue weighted by Gasteiger charge is 2.31. The highest BCUT2D eigenvalue weighted by molar-refractivity contribution is 7.87. The average molecular weight is 611 g/mol. The summed E-state index contributed by atoms with van der Waals surface area (Å²) in [6.07, 6.45) is -3.31. The summed E-state index contributed by atoms with van der Waals surface area (Å²) in [6, 6.07) is 10.3. The molecule has 0 unspecified atom stereocenters. The quantitative estimate of drug-likeness (QED) is 0.150. The summed E-state index contributed by atoms with van der Waals surface area (Å²) in [6.45, 7) is -0.440. The molecule has 0 bridgehead atoms. The highest BCUT2D eigenvalue weighted by Crippen LogP contribution is 2.29. The SMILES string of the molecule is NCCN(CCN)S(=O)(=O)NC[C@H](N)C(=O)N[C@H](Cc1ccc(C(F)(F)F)cc1)C(=O)Nc1cnc2ccccc2c1. The largest absolute Gasteiger partial charge is 0.416 e. The van der Waals surface area contributed by atoms with Crippen LogP contribution >= 0.6 is 0 Å². The monoisotopic (exact) mass is 610 g/mol. The van der Waals surface area contributed by atoms with Gasteiger partial charge in [0.2, 0.25) is 11.8 Å². The molecule has 2 aromatic carbocycles. The fourth-order valence-electron chi connectivity index (χ4n) is 3.94. The molecule has 0 aliphatic rings. The van der Waals surface area contributed by atoms with E-state index in [1.54, 1.807) is 30.3 Å². The van der Waals surface area contributed by atoms with Crippen LogP contribution in [0.5, 0.6) is 0 Å². The van der Waals surface area contributed by atoms with E-state index in [-0.39, 0.29) is 32.6 Å². The lowest BCUT2D eigenvalue weighted by molar-refractivity contribution is -0.137. The third kappa shape index (κ3) is 9.17. The Labute approximate surface area is 241 Å². The Morgan fingerprint density at radius 3 is 2.24 bits per heavy atom. The highest BCUT2D eigenvalue weighted by atomic mass is 32.2. The molecule has 9 N–H and O–H groups in total. The molecule has 3 rings (SSSR count). The average Bonchev–Trinajstić information content (AvgIpc) is 2.95. The summed E-state index contributed by atoms with van der Waals surface area (Å²) in [5.41, 5.74) is 17.3. The van der Waals surface area contributed by atoms with E-state index in [0.29, 0.717) is 16.8 Å². The molecular formula is C26H33F3N8O4S. The number of hydrogen-bond acceptors (Lipinski definition) is 8. The Kier molecular flexibility index (Phi) is 11.3. The number of halogens is 3. The third-order valence-corrected chi connectivity index (χ3v) is 7.71. The molecule has 0 fully saturated rings. The number of nitrogens with one attached hydrogen (secondary N) is 3. The first-order valence-electron chi connectivity index (χ1n) is 12.9. The lowest BCUT2D eigenvalue weighted by Gasteiger charge is -2.23. The number of anilines is 1. The maximum absolute atomic E-state index is 13.3. The van der Waals surface area contributed by atoms with Gasteiger partial charge < -0.3 is 27.8 Å². The number of para-hydroxylation sites is 1. The molecule has 3 aromatic rings. The molecular weight excluding hydrogens is 577 g/mol. The van der Waals surface area contributed by atoms with Gasteiger partial charge in [0.15, 0.2) is 0 Å². The number of alkyl halides is 3. The van der Waals surface area contributed by atoms with Crippen molar-refractivity contribution in [2.45, 2.75) is 24.7 Å². The van der Waals surface area contributed by atoms with Crippen molar-refractivity contribution in [3.05, 3.63) is 71.9 Å². The molecule has 228 valence electrons. The van der Waals surface area contributed by atoms with Crippen LogP contribution < -0.4 is 32.6 Å². The summed E-state index contributed by atoms with van der Waals surface area (Å²) >= 11 is 0. The van der Waals surface area contributed by atoms with Crippen molar-refractivity contribution >= 4 is 38.6 Å². The summed E-state index contributed by atoms with van der Waals surface area (Å²) in [7, 11) is -4.06. The molecule has 2 atom stereocenters. The van der Waals surface area contributed by atoms with Gasteiger partial charge in [-0.15, -0.1) is 0 Å². The van der Waals surface area contributed by atoms with Gasteiger partial charge in [-0.1, -0.05) is 30.3 Å². The lowest BCUT2D eigenvalue weighted by atomic mass is 10.0. The van der Waals surface area contributed by atoms with Crippen LogP contribution in [0.4, 0.5) is 18.9 Å². The number of rotatable bonds is 14. The first-order chi connectivity index (χ1) is 19.8. The van der Waals surface area contributed by atoms with Crippen molar-refractivity contribution in [1.82, 2.24) is 19.3 Å². The van der Waals surface area contributed by atoms with Gasteiger partial charge in [-0.2, -0.15) is 25.9 Å². The minimum Gasteiger partial charge on any atom is -0.343 e. The maximum Gasteiger partial charge on any atom is 0.416 e. The third-order valence-electron chi connectivity index (χ3n) is 6.13. The summed E-state index contributed by atoms with van der Waals surface area (Å²) < 4.78 is 67.4. The van der Waals surface area contributed by atoms with Crippen LogP contribution in [-0.2, 0) is 32.4 Å². The zero-order valence-electron chi connectivity index (χ0n) is 22.5. The van der Waals surface area contributed by atoms with E-state index >= 15 is 0 Å². The van der Waals surface area contributed by atoms with Crippen LogP contribution in [0.1, 0.15) is 11.1 Å². The Balaban J connectivity index is 1.76. The van der Waals surface area contributed by atoms with Crippen LogP contribution in [0, 0.1) is 0 Å². The van der Waals surface area contributed by atoms with Crippen molar-refractivity contribution in [2.24, 2.45) is 17.2 Å². The van der Waals surface area contributed by atoms with Crippen molar-refractivity contribution in [1.29, 1.82) is 0 Å². The van der Waals surface area contributed by atoms with E-state index in [4.69, 9.17) is 17.2 Å². The normalized spacial score (nSPS) is 13.6. The first-order valence-corrected chi connectivity index (χ1v) is 14.3. The van der Waals surface area contributed by atoms with E-state index in [1.807, 2.05) is 0 Å². The maximum atomic E-state index is 13.3. The topological polar surface area (TPSA) is 199 Å². The summed E-state index contributed by atoms with van der Waals surface area (Å²) in [5.74, 6) is -1.56. The molecule has 2 amide bonds. The number of amides is 2. The number of benzene rings is 2. The zero-order chi connectivity index (χ0) is 30.9. The van der Waals surface area contributed by atoms with Gasteiger partial charge in [0.05, 0.1) is 29.0 Å². The molecule has 0 aliphatic heterocycles. The van der Waals surface area contributed by atoms with Gasteiger partial charge in [0, 0.05) is 44.5 Å². The summed E-state index contributed by atoms with van der Waals surface area (Å²) in [5, 5.41) is 5.87. The van der Waals surface area contributed by atoms with Gasteiger partial charge in [0.1, 0.15) is 6.04 Å². The van der Waals surface area contributed by atoms with Crippen LogP contribution in [0.25, 0.3) is 10.9 Å². The lowest BCUT2D eigenvalue weighted by Crippen LogP contribution is -2.55. The zero-order valence-corrected chi connectivity index (χ0v) is 23.3. The van der Waals surface area contributed by atoms with Crippen LogP contribution in [-0.4, -0.2) is 74.3 Å². The fraction of sp³-hybridized carbons (Fsp3) is 0.346. The molecule has 16 heteroatoms. The molecule has 0 aliphatic carbocycles. The van der Waals surface area contributed by atoms with E-state index < -0.39 is 52.4 Å². The molecule has 0 radical (unpaired) electrons. The smallest absolute Gasteiger partial charge is 0.343 e. The molecule has 0 saturated heterocycles. The number of pyridine rings is 1. The first kappa shape index (κ1) is 32.8. The number of hydrogen-bond donors (Lipinski definition) is 6. The predicted molar refractivity (Wildman–Crippen MR) is 152 cm³/mol. The number of nitrogens with zero attached hydrogens (tertiary/aromatic N) is 2. The van der Waals surface area contributed by atoms with E-state index in [2.05, 4.69) is 20.3 Å². The van der Waals surface area contributed by atoms with Crippen molar-refractivity contribution in [2.75, 3.05) is 38.0 Å². The number of carbonyl (C=O) groups is 2. The minimum atomic E-state index is -4.55. The van der Waals surface area contributed by atoms with E-state index in [1.165, 1.54) is 18.3 Å². The van der Waals surface area contributed by atoms with Gasteiger partial charge in [0.25, 0.3) is 10.2 Å². The van der Waals surface area contributed by atoms with Crippen LogP contribution in [0.2, 0.25) is 0 Å². The molecule has 1 aromatic heterocycles. The van der Waals surface area contributed by atoms with Crippen LogP contribution in [0.15, 0.2) is 60.8 Å². The second kappa shape index (κ2) is 14.5. The van der Waals surface area contributed by atoms with Gasteiger partial charge in [-0.3, -0.25) is 14.6 Å². The number of nitrogens with two attached hydrogens (primary N) is 3. The van der Waals surface area contributed by atoms with E-state index in [0.717, 1.165) is 21.8 Å². The fourth-order valence-corrected chi connectivity index (χ4v) is 5.21. The van der Waals surface area contributed by atoms with Gasteiger partial charge >= 0.3 is 6.18 Å². The number of carbonyl (C=O) groups excluding carboxylic acids is 2. The van der Waals surface area contributed by atoms with Gasteiger partial charge in [-0.25, -0.2) is 4.72 Å². The van der Waals surface area contributed by atoms with Crippen molar-refractivity contribution in [3.63, 3.8) is 0 Å². The number of aromatic nitrogens is 1. The Hall–Kier alpha value is -3.67. The Bertz CT molecular complexity index is 1470. The predicted octanol–water partition coefficient (Wildman–Crippen LogP) is 0.301. The van der Waals surface area contributed by atoms with Crippen LogP contribution in [0.3, 0.4) is 0 Å². The summed E-state index contributed by atoms with van der Waals surface area (Å²) in [4.78, 5) is 30.5. The molecule has 0 spiro atoms. The molecule has 42 heavy (non-hydrogen) atoms. The second-order valence-electron chi connectivity index (χ2n) is 9.30. The Morgan fingerprint density at radius 2 is 1.62 bits per heavy atom. The molecule has 1 heterocycles. The standard InChI is InChI=1S/C26H33F3N8O4S/c27-26(28,29)19-7-5-17(6-8-19)13-23(25(39)35-20-14-18-3-1-2-4-22(18)33-15-20)36-24(38)21(32)16-34-42(40,41)37(11-9-30)12-10-31/h1-8,14-15,21,23,34H,9-13,16,30-32H2,(H,35,39)(H,36,38)/t21-,23+/m0/s1. The van der Waals surface area contributed by atoms with E-state index in [9.17, 15) is 31.2 Å².